The second kappa shape index (κ2) is 10.5. The van der Waals surface area contributed by atoms with E-state index in [1.807, 2.05) is 30.7 Å². The van der Waals surface area contributed by atoms with Crippen molar-refractivity contribution in [2.75, 3.05) is 33.2 Å². The number of rotatable bonds is 4. The van der Waals surface area contributed by atoms with E-state index in [-0.39, 0.29) is 11.9 Å². The van der Waals surface area contributed by atoms with E-state index in [9.17, 15) is 4.39 Å². The van der Waals surface area contributed by atoms with Crippen molar-refractivity contribution in [2.24, 2.45) is 0 Å². The van der Waals surface area contributed by atoms with Gasteiger partial charge in [-0.1, -0.05) is 18.2 Å². The predicted octanol–water partition coefficient (Wildman–Crippen LogP) is 4.19. The summed E-state index contributed by atoms with van der Waals surface area (Å²) >= 11 is 0. The lowest BCUT2D eigenvalue weighted by molar-refractivity contribution is -0.134. The van der Waals surface area contributed by atoms with Crippen molar-refractivity contribution >= 4 is 16.9 Å². The molecule has 0 bridgehead atoms. The van der Waals surface area contributed by atoms with Crippen LogP contribution in [-0.4, -0.2) is 69.1 Å². The van der Waals surface area contributed by atoms with Gasteiger partial charge in [0.1, 0.15) is 5.82 Å². The Hall–Kier alpha value is -3.62. The van der Waals surface area contributed by atoms with Crippen molar-refractivity contribution in [3.63, 3.8) is 0 Å². The number of fused-ring (bicyclic) bond motifs is 1. The second-order valence-electron chi connectivity index (χ2n) is 8.42. The third-order valence-electron chi connectivity index (χ3n) is 5.87. The van der Waals surface area contributed by atoms with E-state index < -0.39 is 5.97 Å². The Morgan fingerprint density at radius 1 is 1.06 bits per heavy atom. The minimum Gasteiger partial charge on any atom is -0.481 e. The van der Waals surface area contributed by atoms with Gasteiger partial charge in [0.25, 0.3) is 5.97 Å². The molecule has 0 saturated carbocycles. The van der Waals surface area contributed by atoms with Crippen LogP contribution in [0.15, 0.2) is 67.1 Å². The first-order valence-corrected chi connectivity index (χ1v) is 11.2. The number of piperazine rings is 1. The summed E-state index contributed by atoms with van der Waals surface area (Å²) in [6.45, 7) is 4.93. The van der Waals surface area contributed by atoms with Gasteiger partial charge in [0.05, 0.1) is 29.8 Å². The normalized spacial score (nSPS) is 15.5. The molecule has 5 rings (SSSR count). The molecule has 1 atom stereocenters. The number of aliphatic carboxylic acids is 1. The number of nitrogens with one attached hydrogen (secondary N) is 1. The molecule has 1 unspecified atom stereocenters. The van der Waals surface area contributed by atoms with Gasteiger partial charge in [-0.3, -0.25) is 14.7 Å². The number of H-pyrrole nitrogens is 1. The molecule has 3 heterocycles. The smallest absolute Gasteiger partial charge is 0.300 e. The van der Waals surface area contributed by atoms with Gasteiger partial charge in [0, 0.05) is 55.8 Å². The Labute approximate surface area is 197 Å². The molecule has 0 spiro atoms. The van der Waals surface area contributed by atoms with Crippen LogP contribution in [0.4, 0.5) is 4.39 Å². The van der Waals surface area contributed by atoms with Gasteiger partial charge in [-0.05, 0) is 42.9 Å². The average molecular weight is 462 g/mol. The maximum Gasteiger partial charge on any atom is 0.300 e. The Morgan fingerprint density at radius 3 is 2.47 bits per heavy atom. The van der Waals surface area contributed by atoms with E-state index in [4.69, 9.17) is 14.9 Å². The van der Waals surface area contributed by atoms with E-state index in [0.29, 0.717) is 0 Å². The zero-order valence-corrected chi connectivity index (χ0v) is 19.3. The highest BCUT2D eigenvalue weighted by Gasteiger charge is 2.27. The number of aromatic nitrogens is 3. The highest BCUT2D eigenvalue weighted by molar-refractivity contribution is 5.84. The first-order chi connectivity index (χ1) is 16.4. The number of carboxylic acid groups (broad SMARTS) is 1. The van der Waals surface area contributed by atoms with Crippen molar-refractivity contribution in [3.8, 4) is 11.3 Å². The molecule has 2 aromatic carbocycles. The van der Waals surface area contributed by atoms with Crippen molar-refractivity contribution in [2.45, 2.75) is 13.0 Å². The average Bonchev–Trinajstić information content (AvgIpc) is 3.30. The highest BCUT2D eigenvalue weighted by Crippen LogP contribution is 2.30. The van der Waals surface area contributed by atoms with Gasteiger partial charge in [0.15, 0.2) is 0 Å². The van der Waals surface area contributed by atoms with E-state index >= 15 is 0 Å². The summed E-state index contributed by atoms with van der Waals surface area (Å²) in [6, 6.07) is 15.0. The first kappa shape index (κ1) is 23.5. The quantitative estimate of drug-likeness (QED) is 0.474. The molecular weight excluding hydrogens is 433 g/mol. The second-order valence-corrected chi connectivity index (χ2v) is 8.42. The van der Waals surface area contributed by atoms with Crippen LogP contribution in [0, 0.1) is 5.82 Å². The largest absolute Gasteiger partial charge is 0.481 e. The maximum absolute atomic E-state index is 13.6. The third-order valence-corrected chi connectivity index (χ3v) is 5.87. The van der Waals surface area contributed by atoms with Crippen LogP contribution in [0.1, 0.15) is 24.2 Å². The summed E-state index contributed by atoms with van der Waals surface area (Å²) in [7, 11) is 2.14. The third kappa shape index (κ3) is 5.65. The number of halogens is 1. The zero-order valence-electron chi connectivity index (χ0n) is 19.3. The Morgan fingerprint density at radius 2 is 1.76 bits per heavy atom. The summed E-state index contributed by atoms with van der Waals surface area (Å²) in [5, 5.41) is 8.56. The fourth-order valence-electron chi connectivity index (χ4n) is 4.16. The number of carboxylic acids is 1. The number of likely N-dealkylation sites (N-methyl/N-ethyl adjacent to an activating group) is 1. The molecule has 176 valence electrons. The molecule has 4 aromatic rings. The van der Waals surface area contributed by atoms with Gasteiger partial charge < -0.3 is 15.0 Å². The maximum atomic E-state index is 13.6. The lowest BCUT2D eigenvalue weighted by Crippen LogP contribution is -2.46. The Bertz CT molecular complexity index is 1250. The molecule has 34 heavy (non-hydrogen) atoms. The number of aromatic amines is 1. The molecule has 0 aliphatic carbocycles. The molecule has 7 nitrogen and oxygen atoms in total. The fourth-order valence-corrected chi connectivity index (χ4v) is 4.16. The molecule has 1 aliphatic rings. The molecule has 1 fully saturated rings. The Balaban J connectivity index is 0.000000636. The van der Waals surface area contributed by atoms with Crippen LogP contribution < -0.4 is 0 Å². The first-order valence-electron chi connectivity index (χ1n) is 11.2. The van der Waals surface area contributed by atoms with Crippen molar-refractivity contribution in [1.29, 1.82) is 0 Å². The zero-order chi connectivity index (χ0) is 24.1. The van der Waals surface area contributed by atoms with E-state index in [1.54, 1.807) is 0 Å². The van der Waals surface area contributed by atoms with E-state index in [0.717, 1.165) is 66.5 Å². The summed E-state index contributed by atoms with van der Waals surface area (Å²) < 4.78 is 13.6. The van der Waals surface area contributed by atoms with Crippen LogP contribution in [-0.2, 0) is 4.79 Å². The lowest BCUT2D eigenvalue weighted by Gasteiger charge is -2.38. The van der Waals surface area contributed by atoms with Crippen LogP contribution in [0.5, 0.6) is 0 Å². The van der Waals surface area contributed by atoms with Crippen molar-refractivity contribution < 1.29 is 14.3 Å². The molecular formula is C26H28FN5O2. The molecule has 0 amide bonds. The van der Waals surface area contributed by atoms with E-state index in [1.165, 1.54) is 12.1 Å². The number of benzene rings is 2. The molecule has 2 aromatic heterocycles. The lowest BCUT2D eigenvalue weighted by atomic mass is 10.0. The van der Waals surface area contributed by atoms with Gasteiger partial charge in [-0.2, -0.15) is 0 Å². The van der Waals surface area contributed by atoms with Crippen molar-refractivity contribution in [1.82, 2.24) is 24.8 Å². The van der Waals surface area contributed by atoms with Crippen LogP contribution in [0.3, 0.4) is 0 Å². The molecule has 8 heteroatoms. The number of hydrogen-bond donors (Lipinski definition) is 2. The molecule has 1 aliphatic heterocycles. The standard InChI is InChI=1S/C24H24FN5.C2H4O2/c1-29-10-12-30(13-11-29)24(17-2-5-20(25)6-3-17)23-16-26-15-22(28-23)18-4-7-21-19(14-18)8-9-27-21;1-2(3)4/h2-9,14-16,24,27H,10-13H2,1H3;1H3,(H,3,4). The van der Waals surface area contributed by atoms with Gasteiger partial charge in [-0.15, -0.1) is 0 Å². The summed E-state index contributed by atoms with van der Waals surface area (Å²) in [6.07, 6.45) is 5.59. The topological polar surface area (TPSA) is 85.4 Å². The highest BCUT2D eigenvalue weighted by atomic mass is 19.1. The molecule has 1 saturated heterocycles. The van der Waals surface area contributed by atoms with Crippen LogP contribution in [0.25, 0.3) is 22.2 Å². The SMILES string of the molecule is CC(=O)O.CN1CCN(C(c2ccc(F)cc2)c2cncc(-c3ccc4[nH]ccc4c3)n2)CC1. The minimum atomic E-state index is -0.833. The Kier molecular flexibility index (Phi) is 7.30. The summed E-state index contributed by atoms with van der Waals surface area (Å²) in [5.74, 6) is -1.06. The number of carbonyl (C=O) groups is 1. The summed E-state index contributed by atoms with van der Waals surface area (Å²) in [5.41, 5.74) is 4.90. The van der Waals surface area contributed by atoms with Gasteiger partial charge in [-0.25, -0.2) is 9.37 Å². The number of nitrogens with zero attached hydrogens (tertiary/aromatic N) is 4. The molecule has 0 radical (unpaired) electrons. The van der Waals surface area contributed by atoms with Crippen molar-refractivity contribution in [3.05, 3.63) is 84.2 Å². The van der Waals surface area contributed by atoms with Crippen LogP contribution >= 0.6 is 0 Å². The minimum absolute atomic E-state index is 0.0530. The fraction of sp³-hybridized carbons (Fsp3) is 0.269. The van der Waals surface area contributed by atoms with Crippen LogP contribution in [0.2, 0.25) is 0 Å². The number of hydrogen-bond acceptors (Lipinski definition) is 5. The summed E-state index contributed by atoms with van der Waals surface area (Å²) in [4.78, 5) is 26.5. The monoisotopic (exact) mass is 461 g/mol. The predicted molar refractivity (Wildman–Crippen MR) is 130 cm³/mol. The van der Waals surface area contributed by atoms with Gasteiger partial charge in [0.2, 0.25) is 0 Å². The molecule has 2 N–H and O–H groups in total. The van der Waals surface area contributed by atoms with Gasteiger partial charge >= 0.3 is 0 Å². The van der Waals surface area contributed by atoms with E-state index in [2.05, 4.69) is 51.1 Å².